The van der Waals surface area contributed by atoms with Crippen molar-refractivity contribution in [3.8, 4) is 5.69 Å². The molecular formula is C16H16N2O4. The highest BCUT2D eigenvalue weighted by molar-refractivity contribution is 5.93. The van der Waals surface area contributed by atoms with Crippen LogP contribution in [0, 0.1) is 6.92 Å². The van der Waals surface area contributed by atoms with E-state index in [9.17, 15) is 9.59 Å². The zero-order valence-corrected chi connectivity index (χ0v) is 12.3. The second-order valence-electron chi connectivity index (χ2n) is 4.61. The first-order valence-corrected chi connectivity index (χ1v) is 6.76. The molecule has 1 N–H and O–H groups in total. The summed E-state index contributed by atoms with van der Waals surface area (Å²) in [4.78, 5) is 22.6. The topological polar surface area (TPSA) is 81.4 Å². The van der Waals surface area contributed by atoms with E-state index in [0.717, 1.165) is 17.3 Å². The Hall–Kier alpha value is -2.89. The molecule has 2 aromatic rings. The molecule has 0 amide bonds. The van der Waals surface area contributed by atoms with Crippen LogP contribution in [0.25, 0.3) is 11.8 Å². The van der Waals surface area contributed by atoms with Crippen molar-refractivity contribution in [2.24, 2.45) is 0 Å². The fourth-order valence-corrected chi connectivity index (χ4v) is 1.86. The summed E-state index contributed by atoms with van der Waals surface area (Å²) < 4.78 is 6.47. The molecule has 6 nitrogen and oxygen atoms in total. The van der Waals surface area contributed by atoms with Gasteiger partial charge in [0, 0.05) is 17.8 Å². The molecule has 0 aliphatic carbocycles. The fraction of sp³-hybridized carbons (Fsp3) is 0.188. The summed E-state index contributed by atoms with van der Waals surface area (Å²) in [6.07, 6.45) is 3.88. The van der Waals surface area contributed by atoms with Crippen molar-refractivity contribution < 1.29 is 19.4 Å². The average Bonchev–Trinajstić information content (AvgIpc) is 2.90. The second kappa shape index (κ2) is 6.71. The first-order valence-electron chi connectivity index (χ1n) is 6.76. The maximum absolute atomic E-state index is 11.9. The summed E-state index contributed by atoms with van der Waals surface area (Å²) in [6, 6.07) is 7.57. The van der Waals surface area contributed by atoms with Gasteiger partial charge in [-0.3, -0.25) is 0 Å². The van der Waals surface area contributed by atoms with E-state index < -0.39 is 11.9 Å². The number of aromatic nitrogens is 2. The van der Waals surface area contributed by atoms with Crippen LogP contribution >= 0.6 is 0 Å². The van der Waals surface area contributed by atoms with Crippen molar-refractivity contribution in [2.75, 3.05) is 6.61 Å². The van der Waals surface area contributed by atoms with E-state index in [2.05, 4.69) is 5.10 Å². The normalized spacial score (nSPS) is 10.8. The molecule has 6 heteroatoms. The molecule has 0 atom stereocenters. The highest BCUT2D eigenvalue weighted by Crippen LogP contribution is 2.16. The van der Waals surface area contributed by atoms with Crippen molar-refractivity contribution in [1.29, 1.82) is 0 Å². The molecule has 114 valence electrons. The molecule has 0 saturated heterocycles. The second-order valence-corrected chi connectivity index (χ2v) is 4.61. The van der Waals surface area contributed by atoms with Crippen LogP contribution in [-0.2, 0) is 9.53 Å². The summed E-state index contributed by atoms with van der Waals surface area (Å²) >= 11 is 0. The molecule has 0 fully saturated rings. The lowest BCUT2D eigenvalue weighted by atomic mass is 10.2. The molecule has 22 heavy (non-hydrogen) atoms. The molecule has 0 saturated carbocycles. The van der Waals surface area contributed by atoms with Gasteiger partial charge in [0.25, 0.3) is 0 Å². The van der Waals surface area contributed by atoms with Gasteiger partial charge in [-0.1, -0.05) is 17.7 Å². The number of carbonyl (C=O) groups is 2. The molecule has 0 bridgehead atoms. The minimum atomic E-state index is -1.10. The van der Waals surface area contributed by atoms with Gasteiger partial charge in [-0.15, -0.1) is 0 Å². The lowest BCUT2D eigenvalue weighted by molar-refractivity contribution is -0.131. The van der Waals surface area contributed by atoms with E-state index >= 15 is 0 Å². The number of carboxylic acids is 1. The van der Waals surface area contributed by atoms with Crippen LogP contribution in [0.5, 0.6) is 0 Å². The van der Waals surface area contributed by atoms with Gasteiger partial charge < -0.3 is 9.84 Å². The summed E-state index contributed by atoms with van der Waals surface area (Å²) in [5.74, 6) is -1.68. The van der Waals surface area contributed by atoms with E-state index in [-0.39, 0.29) is 12.3 Å². The van der Waals surface area contributed by atoms with Crippen LogP contribution in [-0.4, -0.2) is 33.4 Å². The van der Waals surface area contributed by atoms with Crippen LogP contribution in [0.1, 0.15) is 28.5 Å². The number of nitrogens with zero attached hydrogens (tertiary/aromatic N) is 2. The van der Waals surface area contributed by atoms with Crippen LogP contribution in [0.15, 0.2) is 36.5 Å². The number of aliphatic carboxylic acids is 1. The zero-order chi connectivity index (χ0) is 16.1. The SMILES string of the molecule is CCOC(=O)c1nn(-c2ccc(C)cc2)cc1/C=C/C(=O)O. The Morgan fingerprint density at radius 3 is 2.59 bits per heavy atom. The van der Waals surface area contributed by atoms with Crippen molar-refractivity contribution in [3.05, 3.63) is 53.4 Å². The molecule has 1 aromatic carbocycles. The molecule has 2 rings (SSSR count). The lowest BCUT2D eigenvalue weighted by Gasteiger charge is -2.01. The zero-order valence-electron chi connectivity index (χ0n) is 12.3. The van der Waals surface area contributed by atoms with Crippen LogP contribution in [0.3, 0.4) is 0 Å². The lowest BCUT2D eigenvalue weighted by Crippen LogP contribution is -2.08. The Bertz CT molecular complexity index is 714. The number of esters is 1. The fourth-order valence-electron chi connectivity index (χ4n) is 1.86. The van der Waals surface area contributed by atoms with E-state index in [1.165, 1.54) is 10.8 Å². The number of rotatable bonds is 5. The molecule has 0 aliphatic heterocycles. The summed E-state index contributed by atoms with van der Waals surface area (Å²) in [7, 11) is 0. The quantitative estimate of drug-likeness (QED) is 0.677. The van der Waals surface area contributed by atoms with Gasteiger partial charge in [0.1, 0.15) is 0 Å². The average molecular weight is 300 g/mol. The summed E-state index contributed by atoms with van der Waals surface area (Å²) in [6.45, 7) is 3.89. The number of benzene rings is 1. The maximum atomic E-state index is 11.9. The molecule has 1 aromatic heterocycles. The maximum Gasteiger partial charge on any atom is 0.359 e. The third-order valence-electron chi connectivity index (χ3n) is 2.92. The van der Waals surface area contributed by atoms with Gasteiger partial charge >= 0.3 is 11.9 Å². The van der Waals surface area contributed by atoms with Gasteiger partial charge in [0.05, 0.1) is 12.3 Å². The summed E-state index contributed by atoms with van der Waals surface area (Å²) in [5, 5.41) is 12.9. The highest BCUT2D eigenvalue weighted by Gasteiger charge is 2.17. The Kier molecular flexibility index (Phi) is 4.73. The van der Waals surface area contributed by atoms with Crippen molar-refractivity contribution in [1.82, 2.24) is 9.78 Å². The third-order valence-corrected chi connectivity index (χ3v) is 2.92. The number of carboxylic acid groups (broad SMARTS) is 1. The predicted octanol–water partition coefficient (Wildman–Crippen LogP) is 2.46. The van der Waals surface area contributed by atoms with Gasteiger partial charge in [-0.2, -0.15) is 5.10 Å². The minimum absolute atomic E-state index is 0.0833. The third kappa shape index (κ3) is 3.60. The number of ether oxygens (including phenoxy) is 1. The molecule has 1 heterocycles. The van der Waals surface area contributed by atoms with E-state index in [1.807, 2.05) is 31.2 Å². The molecule has 0 unspecified atom stereocenters. The Morgan fingerprint density at radius 1 is 1.32 bits per heavy atom. The van der Waals surface area contributed by atoms with Crippen molar-refractivity contribution >= 4 is 18.0 Å². The number of hydrogen-bond acceptors (Lipinski definition) is 4. The first kappa shape index (κ1) is 15.5. The molecule has 0 radical (unpaired) electrons. The van der Waals surface area contributed by atoms with Crippen LogP contribution in [0.4, 0.5) is 0 Å². The van der Waals surface area contributed by atoms with Crippen molar-refractivity contribution in [3.63, 3.8) is 0 Å². The molecular weight excluding hydrogens is 284 g/mol. The van der Waals surface area contributed by atoms with Crippen LogP contribution < -0.4 is 0 Å². The van der Waals surface area contributed by atoms with Gasteiger partial charge in [-0.05, 0) is 32.1 Å². The minimum Gasteiger partial charge on any atom is -0.478 e. The van der Waals surface area contributed by atoms with Gasteiger partial charge in [0.15, 0.2) is 5.69 Å². The predicted molar refractivity (Wildman–Crippen MR) is 80.9 cm³/mol. The smallest absolute Gasteiger partial charge is 0.359 e. The van der Waals surface area contributed by atoms with Crippen LogP contribution in [0.2, 0.25) is 0 Å². The van der Waals surface area contributed by atoms with E-state index in [4.69, 9.17) is 9.84 Å². The number of carbonyl (C=O) groups excluding carboxylic acids is 1. The Morgan fingerprint density at radius 2 is 2.00 bits per heavy atom. The molecule has 0 spiro atoms. The summed E-state index contributed by atoms with van der Waals surface area (Å²) in [5.41, 5.74) is 2.35. The standard InChI is InChI=1S/C16H16N2O4/c1-3-22-16(21)15-12(6-9-14(19)20)10-18(17-15)13-7-4-11(2)5-8-13/h4-10H,3H2,1-2H3,(H,19,20)/b9-6+. The van der Waals surface area contributed by atoms with E-state index in [1.54, 1.807) is 13.1 Å². The Balaban J connectivity index is 2.44. The Labute approximate surface area is 127 Å². The monoisotopic (exact) mass is 300 g/mol. The largest absolute Gasteiger partial charge is 0.478 e. The highest BCUT2D eigenvalue weighted by atomic mass is 16.5. The van der Waals surface area contributed by atoms with Crippen molar-refractivity contribution in [2.45, 2.75) is 13.8 Å². The van der Waals surface area contributed by atoms with Gasteiger partial charge in [-0.25, -0.2) is 14.3 Å². The first-order chi connectivity index (χ1) is 10.5. The molecule has 0 aliphatic rings. The number of hydrogen-bond donors (Lipinski definition) is 1. The van der Waals surface area contributed by atoms with Gasteiger partial charge in [0.2, 0.25) is 0 Å². The number of aryl methyl sites for hydroxylation is 1. The van der Waals surface area contributed by atoms with E-state index in [0.29, 0.717) is 5.56 Å².